The Hall–Kier alpha value is -0.350. The van der Waals surface area contributed by atoms with Gasteiger partial charge >= 0.3 is 5.69 Å². The van der Waals surface area contributed by atoms with Crippen LogP contribution in [0.5, 0.6) is 0 Å². The molecule has 1 saturated carbocycles. The van der Waals surface area contributed by atoms with Crippen LogP contribution in [0, 0.1) is 12.8 Å². The van der Waals surface area contributed by atoms with Gasteiger partial charge < -0.3 is 13.8 Å². The number of fused-ring (bicyclic) bond motifs is 1. The Morgan fingerprint density at radius 3 is 2.84 bits per heavy atom. The normalized spacial score (nSPS) is 38.8. The fraction of sp³-hybridized carbons (Fsp3) is 0.714. The smallest absolute Gasteiger partial charge is 0.330 e. The number of aromatic amines is 1. The molecule has 3 aliphatic rings. The van der Waals surface area contributed by atoms with E-state index in [1.54, 1.807) is 24.5 Å². The second-order valence-corrected chi connectivity index (χ2v) is 15.7. The summed E-state index contributed by atoms with van der Waals surface area (Å²) in [6.45, 7) is 12.2. The van der Waals surface area contributed by atoms with E-state index in [1.165, 1.54) is 10.1 Å². The summed E-state index contributed by atoms with van der Waals surface area (Å²) in [5.41, 5.74) is -1.74. The van der Waals surface area contributed by atoms with Crippen LogP contribution in [-0.2, 0) is 25.6 Å². The van der Waals surface area contributed by atoms with E-state index >= 15 is 0 Å². The van der Waals surface area contributed by atoms with Gasteiger partial charge in [-0.25, -0.2) is 4.79 Å². The van der Waals surface area contributed by atoms with Gasteiger partial charge in [0.05, 0.1) is 18.3 Å². The highest BCUT2D eigenvalue weighted by molar-refractivity contribution is 8.68. The van der Waals surface area contributed by atoms with E-state index in [2.05, 4.69) is 25.4 Å². The van der Waals surface area contributed by atoms with Crippen LogP contribution in [0.15, 0.2) is 27.9 Å². The first kappa shape index (κ1) is 26.3. The lowest BCUT2D eigenvalue weighted by atomic mass is 9.77. The highest BCUT2D eigenvalue weighted by atomic mass is 32.9. The van der Waals surface area contributed by atoms with Crippen molar-refractivity contribution in [1.82, 2.24) is 9.55 Å². The minimum Gasteiger partial charge on any atom is -0.352 e. The molecule has 7 atom stereocenters. The fourth-order valence-corrected chi connectivity index (χ4v) is 12.4. The molecule has 0 radical (unpaired) electrons. The van der Waals surface area contributed by atoms with Gasteiger partial charge in [-0.3, -0.25) is 14.3 Å². The maximum atomic E-state index is 12.3. The molecule has 1 N–H and O–H groups in total. The predicted molar refractivity (Wildman–Crippen MR) is 137 cm³/mol. The molecular weight excluding hydrogens is 487 g/mol. The zero-order chi connectivity index (χ0) is 22.6. The predicted octanol–water partition coefficient (Wildman–Crippen LogP) is 4.53. The van der Waals surface area contributed by atoms with Gasteiger partial charge in [0, 0.05) is 22.9 Å². The van der Waals surface area contributed by atoms with Gasteiger partial charge in [0.1, 0.15) is 6.23 Å². The van der Waals surface area contributed by atoms with Gasteiger partial charge in [-0.05, 0) is 64.2 Å². The van der Waals surface area contributed by atoms with Crippen LogP contribution < -0.4 is 11.2 Å². The quantitative estimate of drug-likeness (QED) is 0.451. The van der Waals surface area contributed by atoms with Gasteiger partial charge in [-0.2, -0.15) is 13.5 Å². The van der Waals surface area contributed by atoms with Gasteiger partial charge in [-0.1, -0.05) is 30.5 Å². The number of hydrogen-bond donors (Lipinski definition) is 1. The molecule has 1 aromatic rings. The van der Waals surface area contributed by atoms with Crippen molar-refractivity contribution < 1.29 is 13.8 Å². The Labute approximate surface area is 205 Å². The number of rotatable bonds is 5. The van der Waals surface area contributed by atoms with Crippen LogP contribution in [0.4, 0.5) is 0 Å². The number of ether oxygens (including phenoxy) is 1. The zero-order valence-corrected chi connectivity index (χ0v) is 22.5. The Kier molecular flexibility index (Phi) is 7.98. The van der Waals surface area contributed by atoms with E-state index in [9.17, 15) is 9.59 Å². The third-order valence-corrected chi connectivity index (χ3v) is 12.5. The van der Waals surface area contributed by atoms with Gasteiger partial charge in [0.15, 0.2) is 0 Å². The number of nitrogens with zero attached hydrogens (tertiary/aromatic N) is 1. The summed E-state index contributed by atoms with van der Waals surface area (Å²) >= 11 is 7.65. The lowest BCUT2D eigenvalue weighted by Crippen LogP contribution is -2.39. The first-order valence-electron chi connectivity index (χ1n) is 10.8. The molecule has 11 heteroatoms. The molecule has 0 amide bonds. The molecule has 2 saturated heterocycles. The minimum atomic E-state index is -2.55. The van der Waals surface area contributed by atoms with Crippen molar-refractivity contribution in [2.75, 3.05) is 0 Å². The number of allylic oxidation sites excluding steroid dienone is 1. The van der Waals surface area contributed by atoms with E-state index in [1.807, 2.05) is 6.92 Å². The molecule has 3 fully saturated rings. The monoisotopic (exact) mass is 520 g/mol. The van der Waals surface area contributed by atoms with Crippen LogP contribution in [-0.4, -0.2) is 32.6 Å². The van der Waals surface area contributed by atoms with Crippen LogP contribution in [0.25, 0.3) is 0 Å². The molecule has 0 spiro atoms. The number of aromatic nitrogens is 2. The van der Waals surface area contributed by atoms with Crippen molar-refractivity contribution >= 4 is 42.4 Å². The zero-order valence-electron chi connectivity index (χ0n) is 19.0. The molecule has 32 heavy (non-hydrogen) atoms. The molecule has 0 aromatic carbocycles. The number of hydrogen-bond acceptors (Lipinski definition) is 7. The van der Waals surface area contributed by atoms with Crippen LogP contribution in [0.2, 0.25) is 0 Å². The largest absolute Gasteiger partial charge is 0.352 e. The summed E-state index contributed by atoms with van der Waals surface area (Å²) in [7, 11) is 0. The van der Waals surface area contributed by atoms with Crippen molar-refractivity contribution in [2.45, 2.75) is 89.1 Å². The Balaban J connectivity index is 0.00000289. The summed E-state index contributed by atoms with van der Waals surface area (Å²) in [5, 5.41) is 0. The molecule has 3 heterocycles. The van der Waals surface area contributed by atoms with Gasteiger partial charge in [0.25, 0.3) is 5.56 Å². The van der Waals surface area contributed by atoms with Crippen LogP contribution >= 0.6 is 30.6 Å². The number of aryl methyl sites for hydroxylation is 1. The maximum absolute atomic E-state index is 12.3. The molecule has 2 aliphatic heterocycles. The van der Waals surface area contributed by atoms with E-state index in [4.69, 9.17) is 25.6 Å². The lowest BCUT2D eigenvalue weighted by molar-refractivity contribution is -0.0188. The topological polar surface area (TPSA) is 82.6 Å². The highest BCUT2D eigenvalue weighted by Gasteiger charge is 2.54. The Bertz CT molecular complexity index is 1040. The van der Waals surface area contributed by atoms with Gasteiger partial charge in [-0.15, -0.1) is 0 Å². The molecule has 180 valence electrons. The Morgan fingerprint density at radius 1 is 1.47 bits per heavy atom. The maximum Gasteiger partial charge on any atom is 0.330 e. The SMILES string of the molecule is C=C(C)[C@@H]1CC[C@]2(C)S[P@@](=S)(O[C@H]3C[C@H](n4cc(C)c(=O)[nH]c4=O)O[C@@H]3CC)O[C@H]2C1.S. The van der Waals surface area contributed by atoms with Crippen LogP contribution in [0.3, 0.4) is 0 Å². The molecule has 0 bridgehead atoms. The molecule has 0 unspecified atom stereocenters. The average molecular weight is 521 g/mol. The summed E-state index contributed by atoms with van der Waals surface area (Å²) in [4.78, 5) is 26.4. The van der Waals surface area contributed by atoms with Gasteiger partial charge in [0.2, 0.25) is 5.69 Å². The standard InChI is InChI=1S/C21H31N2O5PS2.H2S/c1-6-15-16(10-18(26-15)23-11-13(4)19(24)22-20(23)25)27-29(30)28-17-9-14(12(2)3)7-8-21(17,5)31-29;/h11,14-18H,2,6-10H2,1,3-5H3,(H,22,24,25);1H2/t14-,15-,16+,17+,18-,21+,29+;/m1./s1. The molecule has 1 aromatic heterocycles. The first-order chi connectivity index (χ1) is 14.5. The van der Waals surface area contributed by atoms with Crippen LogP contribution in [0.1, 0.15) is 64.7 Å². The summed E-state index contributed by atoms with van der Waals surface area (Å²) in [6.07, 6.45) is 4.97. The highest BCUT2D eigenvalue weighted by Crippen LogP contribution is 2.76. The molecule has 1 aliphatic carbocycles. The third kappa shape index (κ3) is 5.02. The van der Waals surface area contributed by atoms with Crippen molar-refractivity contribution in [2.24, 2.45) is 5.92 Å². The summed E-state index contributed by atoms with van der Waals surface area (Å²) < 4.78 is 20.5. The summed E-state index contributed by atoms with van der Waals surface area (Å²) in [5.74, 6) is 0.471. The lowest BCUT2D eigenvalue weighted by Gasteiger charge is -2.37. The van der Waals surface area contributed by atoms with E-state index in [0.717, 1.165) is 25.7 Å². The third-order valence-electron chi connectivity index (χ3n) is 6.75. The van der Waals surface area contributed by atoms with E-state index < -0.39 is 17.6 Å². The second kappa shape index (κ2) is 9.72. The van der Waals surface area contributed by atoms with Crippen molar-refractivity contribution in [1.29, 1.82) is 0 Å². The summed E-state index contributed by atoms with van der Waals surface area (Å²) in [6, 6.07) is 0. The van der Waals surface area contributed by atoms with Crippen molar-refractivity contribution in [3.05, 3.63) is 44.8 Å². The fourth-order valence-electron chi connectivity index (χ4n) is 4.74. The second-order valence-electron chi connectivity index (χ2n) is 9.16. The molecular formula is C21H33N2O5PS3. The van der Waals surface area contributed by atoms with E-state index in [-0.39, 0.29) is 42.1 Å². The Morgan fingerprint density at radius 2 is 2.19 bits per heavy atom. The van der Waals surface area contributed by atoms with E-state index in [0.29, 0.717) is 17.9 Å². The average Bonchev–Trinajstić information content (AvgIpc) is 3.20. The van der Waals surface area contributed by atoms with Crippen molar-refractivity contribution in [3.8, 4) is 0 Å². The first-order valence-corrected chi connectivity index (χ1v) is 14.9. The van der Waals surface area contributed by atoms with Crippen molar-refractivity contribution in [3.63, 3.8) is 0 Å². The minimum absolute atomic E-state index is 0. The molecule has 4 rings (SSSR count). The number of H-pyrrole nitrogens is 1. The molecule has 7 nitrogen and oxygen atoms in total. The number of nitrogens with one attached hydrogen (secondary N) is 1.